The quantitative estimate of drug-likeness (QED) is 0.479. The minimum absolute atomic E-state index is 0.0445. The van der Waals surface area contributed by atoms with Gasteiger partial charge in [0.1, 0.15) is 16.5 Å². The summed E-state index contributed by atoms with van der Waals surface area (Å²) in [5.41, 5.74) is 3.01. The number of hydrogen-bond acceptors (Lipinski definition) is 5. The van der Waals surface area contributed by atoms with Crippen molar-refractivity contribution in [1.82, 2.24) is 14.9 Å². The summed E-state index contributed by atoms with van der Waals surface area (Å²) in [6.07, 6.45) is 4.02. The number of amides is 1. The molecule has 3 aromatic heterocycles. The summed E-state index contributed by atoms with van der Waals surface area (Å²) in [4.78, 5) is 23.9. The number of ether oxygens (including phenoxy) is 1. The lowest BCUT2D eigenvalue weighted by Crippen LogP contribution is -2.38. The van der Waals surface area contributed by atoms with Crippen LogP contribution in [0.5, 0.6) is 5.75 Å². The lowest BCUT2D eigenvalue weighted by Gasteiger charge is -2.31. The van der Waals surface area contributed by atoms with Crippen LogP contribution in [0.3, 0.4) is 0 Å². The van der Waals surface area contributed by atoms with Gasteiger partial charge >= 0.3 is 0 Å². The molecule has 4 heterocycles. The van der Waals surface area contributed by atoms with E-state index in [1.165, 1.54) is 22.3 Å². The van der Waals surface area contributed by atoms with Crippen LogP contribution in [0, 0.1) is 0 Å². The topological polar surface area (TPSA) is 58.2 Å². The van der Waals surface area contributed by atoms with Crippen molar-refractivity contribution in [3.05, 3.63) is 58.5 Å². The van der Waals surface area contributed by atoms with Crippen molar-refractivity contribution in [2.45, 2.75) is 18.8 Å². The van der Waals surface area contributed by atoms with Crippen LogP contribution in [0.15, 0.2) is 47.3 Å². The van der Waals surface area contributed by atoms with Crippen LogP contribution in [-0.2, 0) is 0 Å². The molecule has 1 saturated heterocycles. The Balaban J connectivity index is 1.29. The van der Waals surface area contributed by atoms with E-state index in [2.05, 4.69) is 28.3 Å². The second-order valence-electron chi connectivity index (χ2n) is 7.24. The van der Waals surface area contributed by atoms with Crippen molar-refractivity contribution in [1.29, 1.82) is 0 Å². The molecule has 1 aliphatic rings. The Kier molecular flexibility index (Phi) is 4.85. The van der Waals surface area contributed by atoms with E-state index >= 15 is 0 Å². The van der Waals surface area contributed by atoms with E-state index in [-0.39, 0.29) is 5.91 Å². The number of nitrogens with one attached hydrogen (secondary N) is 1. The molecule has 5 rings (SSSR count). The van der Waals surface area contributed by atoms with E-state index in [0.29, 0.717) is 11.6 Å². The van der Waals surface area contributed by atoms with E-state index in [4.69, 9.17) is 4.74 Å². The third kappa shape index (κ3) is 3.45. The molecule has 0 bridgehead atoms. The zero-order valence-electron chi connectivity index (χ0n) is 16.1. The Hall–Kier alpha value is -2.64. The van der Waals surface area contributed by atoms with E-state index in [1.54, 1.807) is 18.4 Å². The number of thiazole rings is 1. The highest BCUT2D eigenvalue weighted by Crippen LogP contribution is 2.35. The molecular weight excluding hydrogens is 402 g/mol. The maximum absolute atomic E-state index is 12.9. The van der Waals surface area contributed by atoms with Crippen molar-refractivity contribution in [2.24, 2.45) is 0 Å². The predicted octanol–water partition coefficient (Wildman–Crippen LogP) is 5.38. The smallest absolute Gasteiger partial charge is 0.273 e. The summed E-state index contributed by atoms with van der Waals surface area (Å²) >= 11 is 3.19. The number of carbonyl (C=O) groups is 1. The van der Waals surface area contributed by atoms with Gasteiger partial charge in [-0.2, -0.15) is 0 Å². The number of H-pyrrole nitrogens is 1. The van der Waals surface area contributed by atoms with Crippen LogP contribution in [0.2, 0.25) is 0 Å². The minimum Gasteiger partial charge on any atom is -0.497 e. The van der Waals surface area contributed by atoms with Crippen molar-refractivity contribution in [3.8, 4) is 15.6 Å². The highest BCUT2D eigenvalue weighted by Gasteiger charge is 2.27. The zero-order chi connectivity index (χ0) is 19.8. The number of methoxy groups -OCH3 is 1. The third-order valence-corrected chi connectivity index (χ3v) is 7.48. The monoisotopic (exact) mass is 423 g/mol. The van der Waals surface area contributed by atoms with E-state index in [0.717, 1.165) is 47.1 Å². The average molecular weight is 424 g/mol. The van der Waals surface area contributed by atoms with Crippen molar-refractivity contribution >= 4 is 39.5 Å². The van der Waals surface area contributed by atoms with Gasteiger partial charge in [-0.05, 0) is 54.0 Å². The molecule has 1 aromatic carbocycles. The Morgan fingerprint density at radius 3 is 2.86 bits per heavy atom. The van der Waals surface area contributed by atoms with Crippen molar-refractivity contribution < 1.29 is 9.53 Å². The van der Waals surface area contributed by atoms with Crippen LogP contribution in [0.1, 0.15) is 34.8 Å². The van der Waals surface area contributed by atoms with E-state index in [1.807, 2.05) is 33.9 Å². The number of aromatic amines is 1. The standard InChI is InChI=1S/C22H21N3O2S2/c1-27-15-4-5-18-16(11-15)17(12-23-18)14-6-8-25(9-7-14)22(26)19-13-29-21(24-19)20-3-2-10-28-20/h2-5,10-14,23H,6-9H2,1H3. The average Bonchev–Trinajstić information content (AvgIpc) is 3.53. The first-order valence-corrected chi connectivity index (χ1v) is 11.4. The van der Waals surface area contributed by atoms with Gasteiger partial charge in [0.05, 0.1) is 12.0 Å². The van der Waals surface area contributed by atoms with Crippen LogP contribution in [-0.4, -0.2) is 41.0 Å². The lowest BCUT2D eigenvalue weighted by molar-refractivity contribution is 0.0708. The van der Waals surface area contributed by atoms with Gasteiger partial charge in [-0.1, -0.05) is 6.07 Å². The second-order valence-corrected chi connectivity index (χ2v) is 9.04. The summed E-state index contributed by atoms with van der Waals surface area (Å²) in [6, 6.07) is 10.2. The fraction of sp³-hybridized carbons (Fsp3) is 0.273. The maximum Gasteiger partial charge on any atom is 0.273 e. The van der Waals surface area contributed by atoms with Crippen LogP contribution < -0.4 is 4.74 Å². The van der Waals surface area contributed by atoms with Gasteiger partial charge in [-0.3, -0.25) is 4.79 Å². The van der Waals surface area contributed by atoms with Crippen LogP contribution in [0.4, 0.5) is 0 Å². The normalized spacial score (nSPS) is 15.1. The van der Waals surface area contributed by atoms with Gasteiger partial charge in [0.15, 0.2) is 0 Å². The number of benzene rings is 1. The Labute approximate surface area is 177 Å². The Bertz CT molecular complexity index is 1140. The molecule has 7 heteroatoms. The van der Waals surface area contributed by atoms with E-state index < -0.39 is 0 Å². The lowest BCUT2D eigenvalue weighted by atomic mass is 9.89. The third-order valence-electron chi connectivity index (χ3n) is 5.60. The van der Waals surface area contributed by atoms with E-state index in [9.17, 15) is 4.79 Å². The number of piperidine rings is 1. The van der Waals surface area contributed by atoms with Gasteiger partial charge in [0.25, 0.3) is 5.91 Å². The molecule has 0 saturated carbocycles. The number of likely N-dealkylation sites (tertiary alicyclic amines) is 1. The molecule has 29 heavy (non-hydrogen) atoms. The molecule has 0 unspecified atom stereocenters. The van der Waals surface area contributed by atoms with Gasteiger partial charge < -0.3 is 14.6 Å². The highest BCUT2D eigenvalue weighted by molar-refractivity contribution is 7.20. The van der Waals surface area contributed by atoms with Gasteiger partial charge in [0.2, 0.25) is 0 Å². The zero-order valence-corrected chi connectivity index (χ0v) is 17.7. The van der Waals surface area contributed by atoms with Crippen LogP contribution >= 0.6 is 22.7 Å². The molecule has 148 valence electrons. The SMILES string of the molecule is COc1ccc2[nH]cc(C3CCN(C(=O)c4csc(-c5cccs5)n4)CC3)c2c1. The molecule has 5 nitrogen and oxygen atoms in total. The molecule has 0 radical (unpaired) electrons. The van der Waals surface area contributed by atoms with Crippen molar-refractivity contribution in [2.75, 3.05) is 20.2 Å². The molecule has 0 spiro atoms. The van der Waals surface area contributed by atoms with Gasteiger partial charge in [-0.15, -0.1) is 22.7 Å². The minimum atomic E-state index is 0.0445. The summed E-state index contributed by atoms with van der Waals surface area (Å²) in [5, 5.41) is 6.05. The predicted molar refractivity (Wildman–Crippen MR) is 118 cm³/mol. The summed E-state index contributed by atoms with van der Waals surface area (Å²) in [6.45, 7) is 1.51. The molecular formula is C22H21N3O2S2. The Morgan fingerprint density at radius 1 is 1.24 bits per heavy atom. The number of thiophene rings is 1. The number of rotatable bonds is 4. The number of fused-ring (bicyclic) bond motifs is 1. The maximum atomic E-state index is 12.9. The first kappa shape index (κ1) is 18.4. The van der Waals surface area contributed by atoms with Crippen molar-refractivity contribution in [3.63, 3.8) is 0 Å². The summed E-state index contributed by atoms with van der Waals surface area (Å²) in [5.74, 6) is 1.36. The first-order valence-electron chi connectivity index (χ1n) is 9.66. The number of nitrogens with zero attached hydrogens (tertiary/aromatic N) is 2. The second kappa shape index (κ2) is 7.65. The van der Waals surface area contributed by atoms with Gasteiger partial charge in [0, 0.05) is 35.6 Å². The summed E-state index contributed by atoms with van der Waals surface area (Å²) in [7, 11) is 1.69. The summed E-state index contributed by atoms with van der Waals surface area (Å²) < 4.78 is 5.39. The number of aromatic nitrogens is 2. The fourth-order valence-electron chi connectivity index (χ4n) is 4.03. The molecule has 0 atom stereocenters. The first-order chi connectivity index (χ1) is 14.2. The fourth-order valence-corrected chi connectivity index (χ4v) is 5.64. The highest BCUT2D eigenvalue weighted by atomic mass is 32.1. The molecule has 4 aromatic rings. The number of hydrogen-bond donors (Lipinski definition) is 1. The molecule has 1 amide bonds. The van der Waals surface area contributed by atoms with Crippen LogP contribution in [0.25, 0.3) is 20.8 Å². The number of carbonyl (C=O) groups excluding carboxylic acids is 1. The van der Waals surface area contributed by atoms with Gasteiger partial charge in [-0.25, -0.2) is 4.98 Å². The molecule has 1 fully saturated rings. The largest absolute Gasteiger partial charge is 0.497 e. The molecule has 1 aliphatic heterocycles. The molecule has 0 aliphatic carbocycles. The molecule has 1 N–H and O–H groups in total. The Morgan fingerprint density at radius 2 is 2.10 bits per heavy atom.